The summed E-state index contributed by atoms with van der Waals surface area (Å²) in [7, 11) is 0. The lowest BCUT2D eigenvalue weighted by atomic mass is 10.1. The minimum atomic E-state index is -0.583. The van der Waals surface area contributed by atoms with E-state index in [0.29, 0.717) is 16.7 Å². The van der Waals surface area contributed by atoms with Crippen molar-refractivity contribution >= 4 is 11.8 Å². The molecule has 1 heterocycles. The van der Waals surface area contributed by atoms with E-state index in [9.17, 15) is 9.59 Å². The van der Waals surface area contributed by atoms with Gasteiger partial charge in [0.15, 0.2) is 6.61 Å². The van der Waals surface area contributed by atoms with Crippen LogP contribution in [0.2, 0.25) is 0 Å². The summed E-state index contributed by atoms with van der Waals surface area (Å²) in [5.74, 6) is -0.813. The number of nitrogens with zero attached hydrogens (tertiary/aromatic N) is 2. The van der Waals surface area contributed by atoms with Crippen molar-refractivity contribution in [3.8, 4) is 6.07 Å². The Bertz CT molecular complexity index is 1060. The van der Waals surface area contributed by atoms with Gasteiger partial charge in [-0.15, -0.1) is 0 Å². The molecule has 0 N–H and O–H groups in total. The molecule has 0 unspecified atom stereocenters. The molecule has 29 heavy (non-hydrogen) atoms. The summed E-state index contributed by atoms with van der Waals surface area (Å²) in [5.41, 5.74) is 4.45. The van der Waals surface area contributed by atoms with Crippen LogP contribution in [0, 0.1) is 25.2 Å². The molecule has 0 amide bonds. The number of ether oxygens (including phenoxy) is 1. The second kappa shape index (κ2) is 9.03. The first-order valence-corrected chi connectivity index (χ1v) is 9.40. The van der Waals surface area contributed by atoms with E-state index >= 15 is 0 Å². The van der Waals surface area contributed by atoms with E-state index in [4.69, 9.17) is 10.00 Å². The smallest absolute Gasteiger partial charge is 0.338 e. The topological polar surface area (TPSA) is 72.1 Å². The third-order valence-electron chi connectivity index (χ3n) is 4.93. The van der Waals surface area contributed by atoms with E-state index in [-0.39, 0.29) is 12.4 Å². The normalized spacial score (nSPS) is 10.4. The Morgan fingerprint density at radius 3 is 2.38 bits per heavy atom. The molecule has 5 nitrogen and oxygen atoms in total. The maximum Gasteiger partial charge on any atom is 0.338 e. The molecule has 2 aromatic carbocycles. The highest BCUT2D eigenvalue weighted by Gasteiger charge is 2.18. The highest BCUT2D eigenvalue weighted by atomic mass is 16.5. The number of carbonyl (C=O) groups excluding carboxylic acids is 2. The largest absolute Gasteiger partial charge is 0.454 e. The number of aromatic nitrogens is 1. The molecule has 0 atom stereocenters. The molecule has 0 bridgehead atoms. The lowest BCUT2D eigenvalue weighted by Gasteiger charge is -2.10. The van der Waals surface area contributed by atoms with Gasteiger partial charge in [0.2, 0.25) is 5.78 Å². The number of carbonyl (C=O) groups is 2. The van der Waals surface area contributed by atoms with Crippen LogP contribution in [-0.2, 0) is 17.7 Å². The van der Waals surface area contributed by atoms with Crippen LogP contribution in [0.3, 0.4) is 0 Å². The van der Waals surface area contributed by atoms with Crippen molar-refractivity contribution in [3.63, 3.8) is 0 Å². The number of hydrogen-bond donors (Lipinski definition) is 0. The molecule has 0 spiro atoms. The summed E-state index contributed by atoms with van der Waals surface area (Å²) in [5, 5.41) is 8.81. The standard InChI is InChI=1S/C24H22N2O3/c1-17-14-22(18(2)26(17)13-12-19-6-4-3-5-7-19)23(27)16-29-24(28)21-10-8-20(15-25)9-11-21/h3-11,14H,12-13,16H2,1-2H3. The minimum Gasteiger partial charge on any atom is -0.454 e. The molecule has 0 saturated heterocycles. The fourth-order valence-corrected chi connectivity index (χ4v) is 3.29. The first kappa shape index (κ1) is 20.1. The highest BCUT2D eigenvalue weighted by molar-refractivity contribution is 6.00. The summed E-state index contributed by atoms with van der Waals surface area (Å²) in [6.45, 7) is 4.34. The number of aryl methyl sites for hydroxylation is 2. The van der Waals surface area contributed by atoms with Crippen molar-refractivity contribution in [2.45, 2.75) is 26.8 Å². The van der Waals surface area contributed by atoms with Crippen LogP contribution in [0.25, 0.3) is 0 Å². The Morgan fingerprint density at radius 2 is 1.72 bits per heavy atom. The van der Waals surface area contributed by atoms with Crippen molar-refractivity contribution < 1.29 is 14.3 Å². The predicted octanol–water partition coefficient (Wildman–Crippen LogP) is 4.26. The summed E-state index contributed by atoms with van der Waals surface area (Å²) < 4.78 is 7.28. The predicted molar refractivity (Wildman–Crippen MR) is 110 cm³/mol. The van der Waals surface area contributed by atoms with E-state index in [1.807, 2.05) is 44.2 Å². The third-order valence-corrected chi connectivity index (χ3v) is 4.93. The van der Waals surface area contributed by atoms with Gasteiger partial charge in [-0.25, -0.2) is 4.79 Å². The van der Waals surface area contributed by atoms with Crippen molar-refractivity contribution in [3.05, 3.63) is 94.3 Å². The average Bonchev–Trinajstić information content (AvgIpc) is 3.04. The summed E-state index contributed by atoms with van der Waals surface area (Å²) in [4.78, 5) is 24.7. The fraction of sp³-hybridized carbons (Fsp3) is 0.208. The number of benzene rings is 2. The lowest BCUT2D eigenvalue weighted by Crippen LogP contribution is -2.15. The number of Topliss-reactive ketones (excluding diaryl/α,β-unsaturated/α-hetero) is 1. The molecule has 0 aliphatic rings. The van der Waals surface area contributed by atoms with E-state index in [2.05, 4.69) is 16.7 Å². The van der Waals surface area contributed by atoms with E-state index in [1.165, 1.54) is 17.7 Å². The van der Waals surface area contributed by atoms with E-state index < -0.39 is 5.97 Å². The number of nitriles is 1. The number of hydrogen-bond acceptors (Lipinski definition) is 4. The Kier molecular flexibility index (Phi) is 6.25. The molecule has 0 saturated carbocycles. The monoisotopic (exact) mass is 386 g/mol. The summed E-state index contributed by atoms with van der Waals surface area (Å²) in [6.07, 6.45) is 0.874. The molecule has 1 aromatic heterocycles. The van der Waals surface area contributed by atoms with Crippen molar-refractivity contribution in [1.29, 1.82) is 5.26 Å². The SMILES string of the molecule is Cc1cc(C(=O)COC(=O)c2ccc(C#N)cc2)c(C)n1CCc1ccccc1. The average molecular weight is 386 g/mol. The molecule has 146 valence electrons. The van der Waals surface area contributed by atoms with Gasteiger partial charge in [0.05, 0.1) is 17.2 Å². The maximum atomic E-state index is 12.6. The zero-order valence-corrected chi connectivity index (χ0v) is 16.5. The third kappa shape index (κ3) is 4.80. The first-order chi connectivity index (χ1) is 14.0. The zero-order valence-electron chi connectivity index (χ0n) is 16.5. The number of esters is 1. The summed E-state index contributed by atoms with van der Waals surface area (Å²) >= 11 is 0. The molecule has 3 rings (SSSR count). The molecule has 3 aromatic rings. The molecule has 0 aliphatic carbocycles. The van der Waals surface area contributed by atoms with Gasteiger partial charge in [0.25, 0.3) is 0 Å². The molecule has 0 radical (unpaired) electrons. The van der Waals surface area contributed by atoms with E-state index in [1.54, 1.807) is 12.1 Å². The molecule has 5 heteroatoms. The van der Waals surface area contributed by atoms with Gasteiger partial charge in [-0.1, -0.05) is 30.3 Å². The van der Waals surface area contributed by atoms with Gasteiger partial charge in [0, 0.05) is 23.5 Å². The van der Waals surface area contributed by atoms with Crippen LogP contribution < -0.4 is 0 Å². The minimum absolute atomic E-state index is 0.231. The van der Waals surface area contributed by atoms with Crippen LogP contribution in [0.4, 0.5) is 0 Å². The Morgan fingerprint density at radius 1 is 1.03 bits per heavy atom. The van der Waals surface area contributed by atoms with Gasteiger partial charge in [-0.2, -0.15) is 5.26 Å². The Hall–Kier alpha value is -3.65. The maximum absolute atomic E-state index is 12.6. The second-order valence-electron chi connectivity index (χ2n) is 6.86. The zero-order chi connectivity index (χ0) is 20.8. The van der Waals surface area contributed by atoms with Gasteiger partial charge < -0.3 is 9.30 Å². The summed E-state index contributed by atoms with van der Waals surface area (Å²) in [6, 6.07) is 20.1. The molecular formula is C24H22N2O3. The van der Waals surface area contributed by atoms with Crippen LogP contribution >= 0.6 is 0 Å². The van der Waals surface area contributed by atoms with Crippen molar-refractivity contribution in [2.75, 3.05) is 6.61 Å². The number of ketones is 1. The van der Waals surface area contributed by atoms with Gasteiger partial charge in [0.1, 0.15) is 0 Å². The first-order valence-electron chi connectivity index (χ1n) is 9.40. The lowest BCUT2D eigenvalue weighted by molar-refractivity contribution is 0.0474. The molecular weight excluding hydrogens is 364 g/mol. The fourth-order valence-electron chi connectivity index (χ4n) is 3.29. The Labute approximate surface area is 170 Å². The van der Waals surface area contributed by atoms with Gasteiger partial charge >= 0.3 is 5.97 Å². The highest BCUT2D eigenvalue weighted by Crippen LogP contribution is 2.17. The van der Waals surface area contributed by atoms with Crippen LogP contribution in [0.5, 0.6) is 0 Å². The van der Waals surface area contributed by atoms with Crippen LogP contribution in [0.1, 0.15) is 43.2 Å². The van der Waals surface area contributed by atoms with Gasteiger partial charge in [-0.3, -0.25) is 4.79 Å². The second-order valence-corrected chi connectivity index (χ2v) is 6.86. The van der Waals surface area contributed by atoms with Crippen molar-refractivity contribution in [2.24, 2.45) is 0 Å². The van der Waals surface area contributed by atoms with Gasteiger partial charge in [-0.05, 0) is 56.2 Å². The van der Waals surface area contributed by atoms with Crippen LogP contribution in [-0.4, -0.2) is 22.9 Å². The Balaban J connectivity index is 1.63. The molecule has 0 aliphatic heterocycles. The number of rotatable bonds is 7. The van der Waals surface area contributed by atoms with Crippen LogP contribution in [0.15, 0.2) is 60.7 Å². The quantitative estimate of drug-likeness (QED) is 0.449. The van der Waals surface area contributed by atoms with Crippen molar-refractivity contribution in [1.82, 2.24) is 4.57 Å². The van der Waals surface area contributed by atoms with E-state index in [0.717, 1.165) is 24.4 Å². The molecule has 0 fully saturated rings.